The summed E-state index contributed by atoms with van der Waals surface area (Å²) in [6.07, 6.45) is 0.100. The molecule has 1 aromatic carbocycles. The summed E-state index contributed by atoms with van der Waals surface area (Å²) in [5.41, 5.74) is 0.977. The van der Waals surface area contributed by atoms with Crippen molar-refractivity contribution in [3.8, 4) is 0 Å². The smallest absolute Gasteiger partial charge is 0.328 e. The molecular formula is C18H19N3O3S2. The Balaban J connectivity index is 1.43. The molecule has 0 bridgehead atoms. The Kier molecular flexibility index (Phi) is 6.30. The Bertz CT molecular complexity index is 992. The van der Waals surface area contributed by atoms with E-state index in [2.05, 4.69) is 22.4 Å². The molecule has 1 amide bonds. The Hall–Kier alpha value is -2.32. The number of nitrogens with zero attached hydrogens (tertiary/aromatic N) is 1. The summed E-state index contributed by atoms with van der Waals surface area (Å²) in [5.74, 6) is 1.55. The number of aromatic amines is 1. The lowest BCUT2D eigenvalue weighted by molar-refractivity contribution is -0.121. The van der Waals surface area contributed by atoms with Crippen molar-refractivity contribution in [2.24, 2.45) is 0 Å². The lowest BCUT2D eigenvalue weighted by atomic mass is 10.2. The van der Waals surface area contributed by atoms with Crippen molar-refractivity contribution in [3.63, 3.8) is 0 Å². The minimum Gasteiger partial charge on any atom is -0.355 e. The minimum absolute atomic E-state index is 0.0744. The Morgan fingerprint density at radius 1 is 1.19 bits per heavy atom. The van der Waals surface area contributed by atoms with E-state index in [1.54, 1.807) is 23.2 Å². The summed E-state index contributed by atoms with van der Waals surface area (Å²) in [5, 5.41) is 4.58. The fourth-order valence-corrected chi connectivity index (χ4v) is 4.12. The highest BCUT2D eigenvalue weighted by Gasteiger charge is 2.10. The number of amides is 1. The van der Waals surface area contributed by atoms with Gasteiger partial charge in [0, 0.05) is 31.0 Å². The van der Waals surface area contributed by atoms with Gasteiger partial charge in [0.1, 0.15) is 4.70 Å². The van der Waals surface area contributed by atoms with Crippen LogP contribution in [0, 0.1) is 0 Å². The van der Waals surface area contributed by atoms with E-state index in [0.717, 1.165) is 16.1 Å². The van der Waals surface area contributed by atoms with E-state index in [1.165, 1.54) is 16.9 Å². The van der Waals surface area contributed by atoms with Gasteiger partial charge >= 0.3 is 5.69 Å². The van der Waals surface area contributed by atoms with E-state index in [9.17, 15) is 14.4 Å². The Morgan fingerprint density at radius 2 is 2.00 bits per heavy atom. The average Bonchev–Trinajstić information content (AvgIpc) is 3.10. The third-order valence-electron chi connectivity index (χ3n) is 3.83. The first-order valence-corrected chi connectivity index (χ1v) is 10.3. The standard InChI is InChI=1S/C18H19N3O3S2/c22-15(19-8-11-25-12-13-4-2-1-3-5-13)6-9-21-17(23)16-14(7-10-26-16)20-18(21)24/h1-5,7,10H,6,8-9,11-12H2,(H,19,22)(H,20,24). The number of rotatable bonds is 8. The predicted octanol–water partition coefficient (Wildman–Crippen LogP) is 2.19. The summed E-state index contributed by atoms with van der Waals surface area (Å²) in [7, 11) is 0. The van der Waals surface area contributed by atoms with E-state index in [1.807, 2.05) is 18.2 Å². The molecule has 3 rings (SSSR count). The number of carbonyl (C=O) groups is 1. The van der Waals surface area contributed by atoms with Crippen LogP contribution in [0.1, 0.15) is 12.0 Å². The van der Waals surface area contributed by atoms with Crippen molar-refractivity contribution in [1.82, 2.24) is 14.9 Å². The summed E-state index contributed by atoms with van der Waals surface area (Å²) in [6.45, 7) is 0.635. The van der Waals surface area contributed by atoms with Crippen molar-refractivity contribution in [3.05, 3.63) is 68.2 Å². The lowest BCUT2D eigenvalue weighted by Crippen LogP contribution is -2.36. The van der Waals surface area contributed by atoms with Gasteiger partial charge < -0.3 is 10.3 Å². The number of aromatic nitrogens is 2. The third-order valence-corrected chi connectivity index (χ3v) is 5.77. The molecule has 0 unspecified atom stereocenters. The maximum atomic E-state index is 12.3. The van der Waals surface area contributed by atoms with Crippen LogP contribution in [0.2, 0.25) is 0 Å². The van der Waals surface area contributed by atoms with Gasteiger partial charge in [0.15, 0.2) is 0 Å². The van der Waals surface area contributed by atoms with E-state index >= 15 is 0 Å². The van der Waals surface area contributed by atoms with Crippen LogP contribution in [0.5, 0.6) is 0 Å². The molecule has 0 radical (unpaired) electrons. The SMILES string of the molecule is O=C(CCn1c(=O)[nH]c2ccsc2c1=O)NCCSCc1ccccc1. The Labute approximate surface area is 158 Å². The zero-order valence-corrected chi connectivity index (χ0v) is 15.7. The molecule has 8 heteroatoms. The largest absolute Gasteiger partial charge is 0.355 e. The highest BCUT2D eigenvalue weighted by molar-refractivity contribution is 7.98. The van der Waals surface area contributed by atoms with Crippen molar-refractivity contribution in [2.45, 2.75) is 18.7 Å². The van der Waals surface area contributed by atoms with Crippen LogP contribution in [0.4, 0.5) is 0 Å². The van der Waals surface area contributed by atoms with Crippen LogP contribution in [0.25, 0.3) is 10.2 Å². The van der Waals surface area contributed by atoms with Crippen molar-refractivity contribution in [1.29, 1.82) is 0 Å². The van der Waals surface area contributed by atoms with Gasteiger partial charge in [0.2, 0.25) is 5.91 Å². The second kappa shape index (κ2) is 8.86. The first kappa shape index (κ1) is 18.5. The number of hydrogen-bond donors (Lipinski definition) is 2. The summed E-state index contributed by atoms with van der Waals surface area (Å²) < 4.78 is 1.59. The van der Waals surface area contributed by atoms with E-state index in [4.69, 9.17) is 0 Å². The van der Waals surface area contributed by atoms with Gasteiger partial charge in [0.05, 0.1) is 5.52 Å². The molecular weight excluding hydrogens is 370 g/mol. The number of carbonyl (C=O) groups excluding carboxylic acids is 1. The molecule has 0 atom stereocenters. The quantitative estimate of drug-likeness (QED) is 0.579. The monoisotopic (exact) mass is 389 g/mol. The van der Waals surface area contributed by atoms with Gasteiger partial charge in [-0.1, -0.05) is 30.3 Å². The average molecular weight is 390 g/mol. The van der Waals surface area contributed by atoms with Gasteiger partial charge in [-0.05, 0) is 17.0 Å². The molecule has 0 fully saturated rings. The zero-order valence-electron chi connectivity index (χ0n) is 14.1. The van der Waals surface area contributed by atoms with Crippen molar-refractivity contribution in [2.75, 3.05) is 12.3 Å². The van der Waals surface area contributed by atoms with Crippen LogP contribution >= 0.6 is 23.1 Å². The second-order valence-electron chi connectivity index (χ2n) is 5.69. The molecule has 0 aliphatic rings. The van der Waals surface area contributed by atoms with E-state index in [0.29, 0.717) is 16.8 Å². The van der Waals surface area contributed by atoms with E-state index < -0.39 is 5.69 Å². The van der Waals surface area contributed by atoms with Gasteiger partial charge in [-0.3, -0.25) is 14.2 Å². The molecule has 0 saturated carbocycles. The molecule has 26 heavy (non-hydrogen) atoms. The number of thiophene rings is 1. The number of benzene rings is 1. The minimum atomic E-state index is -0.480. The fraction of sp³-hybridized carbons (Fsp3) is 0.278. The maximum absolute atomic E-state index is 12.3. The molecule has 2 N–H and O–H groups in total. The van der Waals surface area contributed by atoms with Crippen LogP contribution < -0.4 is 16.6 Å². The molecule has 0 aliphatic carbocycles. The lowest BCUT2D eigenvalue weighted by Gasteiger charge is -2.07. The van der Waals surface area contributed by atoms with Gasteiger partial charge in [-0.2, -0.15) is 11.8 Å². The predicted molar refractivity (Wildman–Crippen MR) is 107 cm³/mol. The molecule has 136 valence electrons. The van der Waals surface area contributed by atoms with Crippen LogP contribution in [-0.4, -0.2) is 27.8 Å². The van der Waals surface area contributed by atoms with Gasteiger partial charge in [0.25, 0.3) is 5.56 Å². The van der Waals surface area contributed by atoms with Crippen LogP contribution in [0.15, 0.2) is 51.4 Å². The highest BCUT2D eigenvalue weighted by Crippen LogP contribution is 2.12. The molecule has 2 heterocycles. The molecule has 0 spiro atoms. The van der Waals surface area contributed by atoms with Crippen LogP contribution in [0.3, 0.4) is 0 Å². The molecule has 0 aliphatic heterocycles. The highest BCUT2D eigenvalue weighted by atomic mass is 32.2. The number of H-pyrrole nitrogens is 1. The van der Waals surface area contributed by atoms with E-state index in [-0.39, 0.29) is 24.4 Å². The number of fused-ring (bicyclic) bond motifs is 1. The zero-order chi connectivity index (χ0) is 18.4. The maximum Gasteiger partial charge on any atom is 0.328 e. The topological polar surface area (TPSA) is 84.0 Å². The summed E-state index contributed by atoms with van der Waals surface area (Å²) in [4.78, 5) is 38.9. The molecule has 0 saturated heterocycles. The third kappa shape index (κ3) is 4.64. The number of thioether (sulfide) groups is 1. The molecule has 3 aromatic rings. The second-order valence-corrected chi connectivity index (χ2v) is 7.71. The van der Waals surface area contributed by atoms with Crippen molar-refractivity contribution < 1.29 is 4.79 Å². The Morgan fingerprint density at radius 3 is 2.81 bits per heavy atom. The number of hydrogen-bond acceptors (Lipinski definition) is 5. The summed E-state index contributed by atoms with van der Waals surface area (Å²) >= 11 is 3.03. The van der Waals surface area contributed by atoms with Gasteiger partial charge in [-0.15, -0.1) is 11.3 Å². The summed E-state index contributed by atoms with van der Waals surface area (Å²) in [6, 6.07) is 11.9. The first-order chi connectivity index (χ1) is 12.6. The van der Waals surface area contributed by atoms with Gasteiger partial charge in [-0.25, -0.2) is 4.79 Å². The van der Waals surface area contributed by atoms with Crippen molar-refractivity contribution >= 4 is 39.2 Å². The molecule has 2 aromatic heterocycles. The normalized spacial score (nSPS) is 10.9. The number of nitrogens with one attached hydrogen (secondary N) is 2. The fourth-order valence-electron chi connectivity index (χ4n) is 2.50. The first-order valence-electron chi connectivity index (χ1n) is 8.24. The molecule has 6 nitrogen and oxygen atoms in total. The van der Waals surface area contributed by atoms with Crippen LogP contribution in [-0.2, 0) is 17.1 Å².